The molecule has 0 aliphatic carbocycles. The molecule has 1 saturated heterocycles. The van der Waals surface area contributed by atoms with Crippen molar-refractivity contribution in [1.29, 1.82) is 0 Å². The van der Waals surface area contributed by atoms with Crippen LogP contribution in [0.1, 0.15) is 150 Å². The van der Waals surface area contributed by atoms with E-state index in [9.17, 15) is 24.0 Å². The van der Waals surface area contributed by atoms with Crippen molar-refractivity contribution in [2.45, 2.75) is 170 Å². The first kappa shape index (κ1) is 40.4. The van der Waals surface area contributed by atoms with E-state index in [-0.39, 0.29) is 37.4 Å². The molecule has 6 atom stereocenters. The third kappa shape index (κ3) is 14.5. The highest BCUT2D eigenvalue weighted by atomic mass is 16.6. The summed E-state index contributed by atoms with van der Waals surface area (Å²) in [5, 5.41) is 0. The second kappa shape index (κ2) is 20.6. The predicted molar refractivity (Wildman–Crippen MR) is 183 cm³/mol. The fourth-order valence-electron chi connectivity index (χ4n) is 6.32. The molecule has 0 spiro atoms. The van der Waals surface area contributed by atoms with Crippen LogP contribution in [0.25, 0.3) is 0 Å². The Bertz CT molecular complexity index is 1250. The number of esters is 2. The molecule has 268 valence electrons. The molecule has 10 nitrogen and oxygen atoms in total. The van der Waals surface area contributed by atoms with Gasteiger partial charge in [-0.15, -0.1) is 0 Å². The topological polar surface area (TPSA) is 123 Å². The number of hydrogen-bond acceptors (Lipinski definition) is 8. The van der Waals surface area contributed by atoms with Gasteiger partial charge in [0.15, 0.2) is 6.73 Å². The maximum absolute atomic E-state index is 13.4. The van der Waals surface area contributed by atoms with Gasteiger partial charge in [-0.3, -0.25) is 19.0 Å². The lowest BCUT2D eigenvalue weighted by Crippen LogP contribution is -2.43. The zero-order valence-corrected chi connectivity index (χ0v) is 30.4. The summed E-state index contributed by atoms with van der Waals surface area (Å²) in [7, 11) is 0. The highest BCUT2D eigenvalue weighted by Crippen LogP contribution is 2.32. The van der Waals surface area contributed by atoms with Gasteiger partial charge in [0.1, 0.15) is 18.1 Å². The summed E-state index contributed by atoms with van der Waals surface area (Å²) in [5.74, 6) is 1.34. The third-order valence-electron chi connectivity index (χ3n) is 9.36. The van der Waals surface area contributed by atoms with Gasteiger partial charge >= 0.3 is 17.6 Å². The molecule has 0 radical (unpaired) electrons. The quantitative estimate of drug-likeness (QED) is 0.119. The van der Waals surface area contributed by atoms with Gasteiger partial charge in [-0.1, -0.05) is 99.3 Å². The second-order valence-corrected chi connectivity index (χ2v) is 14.6. The second-order valence-electron chi connectivity index (χ2n) is 14.6. The molecule has 47 heavy (non-hydrogen) atoms. The summed E-state index contributed by atoms with van der Waals surface area (Å²) in [6.07, 6.45) is 11.6. The van der Waals surface area contributed by atoms with Crippen molar-refractivity contribution in [3.05, 3.63) is 32.6 Å². The van der Waals surface area contributed by atoms with Crippen molar-refractivity contribution in [3.8, 4) is 0 Å². The van der Waals surface area contributed by atoms with E-state index in [1.54, 1.807) is 6.92 Å². The van der Waals surface area contributed by atoms with Crippen LogP contribution in [0.5, 0.6) is 0 Å². The van der Waals surface area contributed by atoms with Crippen molar-refractivity contribution in [2.75, 3.05) is 0 Å². The van der Waals surface area contributed by atoms with E-state index in [0.29, 0.717) is 17.9 Å². The van der Waals surface area contributed by atoms with Gasteiger partial charge in [-0.25, -0.2) is 9.36 Å². The number of aromatic nitrogens is 2. The standard InChI is InChI=1S/C37H62N2O8/c1-9-31-32(47-34(41)20-19-30(8)40)22-33(46-31)38-23-29(7)36(43)39(37(38)44)24-45-35(42)21-28(6)18-12-17-27(5)16-11-15-26(4)14-10-13-25(2)3/h23,25-28,31-33H,9-22,24H2,1-8H3/t26?,27?,28?,31?,32-,33?/m1/s1. The zero-order valence-electron chi connectivity index (χ0n) is 30.4. The van der Waals surface area contributed by atoms with Gasteiger partial charge in [0.05, 0.1) is 12.5 Å². The summed E-state index contributed by atoms with van der Waals surface area (Å²) in [5.41, 5.74) is -0.908. The minimum absolute atomic E-state index is 0.0156. The molecule has 2 heterocycles. The average Bonchev–Trinajstić information content (AvgIpc) is 3.39. The molecule has 0 aromatic carbocycles. The third-order valence-corrected chi connectivity index (χ3v) is 9.36. The van der Waals surface area contributed by atoms with Gasteiger partial charge in [-0.05, 0) is 43.9 Å². The number of rotatable bonds is 22. The molecule has 1 aliphatic rings. The monoisotopic (exact) mass is 662 g/mol. The van der Waals surface area contributed by atoms with Gasteiger partial charge in [0.25, 0.3) is 5.56 Å². The molecule has 10 heteroatoms. The number of ketones is 1. The SMILES string of the molecule is CCC1OC(n2cc(C)c(=O)n(COC(=O)CC(C)CCCC(C)CCCC(C)CCCC(C)C)c2=O)C[C@H]1OC(=O)CCC(C)=O. The van der Waals surface area contributed by atoms with Crippen LogP contribution in [0.3, 0.4) is 0 Å². The van der Waals surface area contributed by atoms with Crippen molar-refractivity contribution in [3.63, 3.8) is 0 Å². The number of carbonyl (C=O) groups excluding carboxylic acids is 3. The zero-order chi connectivity index (χ0) is 35.1. The molecule has 1 aromatic heterocycles. The van der Waals surface area contributed by atoms with E-state index >= 15 is 0 Å². The van der Waals surface area contributed by atoms with Gasteiger partial charge < -0.3 is 19.0 Å². The van der Waals surface area contributed by atoms with Crippen molar-refractivity contribution < 1.29 is 28.6 Å². The van der Waals surface area contributed by atoms with E-state index < -0.39 is 48.4 Å². The van der Waals surface area contributed by atoms with E-state index in [2.05, 4.69) is 27.7 Å². The highest BCUT2D eigenvalue weighted by Gasteiger charge is 2.38. The summed E-state index contributed by atoms with van der Waals surface area (Å²) < 4.78 is 19.2. The van der Waals surface area contributed by atoms with Crippen LogP contribution < -0.4 is 11.2 Å². The van der Waals surface area contributed by atoms with Gasteiger partial charge in [0.2, 0.25) is 0 Å². The maximum atomic E-state index is 13.4. The maximum Gasteiger partial charge on any atom is 0.335 e. The van der Waals surface area contributed by atoms with Crippen LogP contribution in [0.4, 0.5) is 0 Å². The number of aryl methyl sites for hydroxylation is 1. The Morgan fingerprint density at radius 1 is 0.872 bits per heavy atom. The highest BCUT2D eigenvalue weighted by molar-refractivity contribution is 5.81. The molecule has 1 fully saturated rings. The summed E-state index contributed by atoms with van der Waals surface area (Å²) in [6.45, 7) is 15.7. The number of carbonyl (C=O) groups is 3. The van der Waals surface area contributed by atoms with E-state index in [1.807, 2.05) is 13.8 Å². The Kier molecular flexibility index (Phi) is 17.7. The smallest absolute Gasteiger partial charge is 0.335 e. The summed E-state index contributed by atoms with van der Waals surface area (Å²) in [6, 6.07) is 0. The minimum atomic E-state index is -0.764. The lowest BCUT2D eigenvalue weighted by molar-refractivity contribution is -0.153. The minimum Gasteiger partial charge on any atom is -0.459 e. The first-order valence-corrected chi connectivity index (χ1v) is 18.0. The molecule has 2 rings (SSSR count). The molecule has 0 bridgehead atoms. The molecule has 0 saturated carbocycles. The Morgan fingerprint density at radius 3 is 2.00 bits per heavy atom. The average molecular weight is 663 g/mol. The van der Waals surface area contributed by atoms with Crippen LogP contribution >= 0.6 is 0 Å². The van der Waals surface area contributed by atoms with E-state index in [0.717, 1.165) is 35.7 Å². The summed E-state index contributed by atoms with van der Waals surface area (Å²) in [4.78, 5) is 62.4. The van der Waals surface area contributed by atoms with Crippen molar-refractivity contribution >= 4 is 17.7 Å². The molecule has 1 aliphatic heterocycles. The number of Topliss-reactive ketones (excluding diaryl/α,β-unsaturated/α-hetero) is 1. The Hall–Kier alpha value is -2.75. The predicted octanol–water partition coefficient (Wildman–Crippen LogP) is 7.26. The van der Waals surface area contributed by atoms with Crippen LogP contribution in [-0.2, 0) is 35.3 Å². The molecule has 1 aromatic rings. The lowest BCUT2D eigenvalue weighted by atomic mass is 9.91. The lowest BCUT2D eigenvalue weighted by Gasteiger charge is -2.18. The largest absolute Gasteiger partial charge is 0.459 e. The molecular weight excluding hydrogens is 600 g/mol. The molecule has 0 amide bonds. The number of ether oxygens (including phenoxy) is 3. The van der Waals surface area contributed by atoms with Crippen LogP contribution in [0.15, 0.2) is 15.8 Å². The Labute approximate surface area is 281 Å². The number of nitrogens with zero attached hydrogens (tertiary/aromatic N) is 2. The summed E-state index contributed by atoms with van der Waals surface area (Å²) >= 11 is 0. The first-order chi connectivity index (χ1) is 22.2. The van der Waals surface area contributed by atoms with E-state index in [1.165, 1.54) is 56.2 Å². The van der Waals surface area contributed by atoms with Crippen molar-refractivity contribution in [1.82, 2.24) is 9.13 Å². The van der Waals surface area contributed by atoms with Crippen LogP contribution in [0.2, 0.25) is 0 Å². The van der Waals surface area contributed by atoms with E-state index in [4.69, 9.17) is 14.2 Å². The molecule has 0 N–H and O–H groups in total. The molecular formula is C37H62N2O8. The fourth-order valence-corrected chi connectivity index (χ4v) is 6.32. The normalized spacial score (nSPS) is 19.8. The van der Waals surface area contributed by atoms with Crippen molar-refractivity contribution in [2.24, 2.45) is 23.7 Å². The molecule has 5 unspecified atom stereocenters. The fraction of sp³-hybridized carbons (Fsp3) is 0.811. The van der Waals surface area contributed by atoms with Crippen LogP contribution in [0, 0.1) is 30.6 Å². The Morgan fingerprint density at radius 2 is 1.45 bits per heavy atom. The number of hydrogen-bond donors (Lipinski definition) is 0. The first-order valence-electron chi connectivity index (χ1n) is 18.0. The van der Waals surface area contributed by atoms with Gasteiger partial charge in [0, 0.05) is 31.0 Å². The Balaban J connectivity index is 1.83. The van der Waals surface area contributed by atoms with Gasteiger partial charge in [-0.2, -0.15) is 0 Å². The van der Waals surface area contributed by atoms with Crippen LogP contribution in [-0.4, -0.2) is 39.1 Å².